The van der Waals surface area contributed by atoms with E-state index in [2.05, 4.69) is 10.6 Å². The fourth-order valence-electron chi connectivity index (χ4n) is 2.72. The third-order valence-corrected chi connectivity index (χ3v) is 3.72. The summed E-state index contributed by atoms with van der Waals surface area (Å²) in [6.07, 6.45) is -1.53. The Kier molecular flexibility index (Phi) is 5.66. The number of carbonyl (C=O) groups excluding carboxylic acids is 1. The molecule has 24 heavy (non-hydrogen) atoms. The predicted octanol–water partition coefficient (Wildman–Crippen LogP) is 2.03. The lowest BCUT2D eigenvalue weighted by Crippen LogP contribution is -2.54. The first-order valence-corrected chi connectivity index (χ1v) is 7.97. The van der Waals surface area contributed by atoms with Crippen molar-refractivity contribution in [2.45, 2.75) is 45.0 Å². The molecule has 0 radical (unpaired) electrons. The van der Waals surface area contributed by atoms with Crippen LogP contribution in [0.5, 0.6) is 0 Å². The zero-order chi connectivity index (χ0) is 17.7. The quantitative estimate of drug-likeness (QED) is 0.783. The molecule has 132 valence electrons. The molecular weight excluding hydrogens is 310 g/mol. The van der Waals surface area contributed by atoms with Gasteiger partial charge in [-0.15, -0.1) is 0 Å². The fraction of sp³-hybridized carbons (Fsp3) is 0.529. The van der Waals surface area contributed by atoms with Crippen molar-refractivity contribution >= 4 is 12.2 Å². The van der Waals surface area contributed by atoms with E-state index >= 15 is 0 Å². The van der Waals surface area contributed by atoms with E-state index in [0.717, 1.165) is 5.56 Å². The fourth-order valence-corrected chi connectivity index (χ4v) is 2.72. The Hall–Kier alpha value is -2.28. The summed E-state index contributed by atoms with van der Waals surface area (Å²) >= 11 is 0. The van der Waals surface area contributed by atoms with Crippen LogP contribution in [0.15, 0.2) is 30.3 Å². The van der Waals surface area contributed by atoms with E-state index < -0.39 is 12.2 Å². The number of amides is 2. The number of nitrogens with zero attached hydrogens (tertiary/aromatic N) is 1. The van der Waals surface area contributed by atoms with Gasteiger partial charge < -0.3 is 25.4 Å². The smallest absolute Gasteiger partial charge is 0.407 e. The van der Waals surface area contributed by atoms with Gasteiger partial charge in [0.15, 0.2) is 0 Å². The van der Waals surface area contributed by atoms with Gasteiger partial charge in [-0.05, 0) is 26.3 Å². The highest BCUT2D eigenvalue weighted by Gasteiger charge is 2.38. The zero-order valence-corrected chi connectivity index (χ0v) is 14.3. The first kappa shape index (κ1) is 18.1. The summed E-state index contributed by atoms with van der Waals surface area (Å²) < 4.78 is 5.22. The molecule has 1 aromatic rings. The normalized spacial score (nSPS) is 20.7. The van der Waals surface area contributed by atoms with Gasteiger partial charge in [0, 0.05) is 24.7 Å². The summed E-state index contributed by atoms with van der Waals surface area (Å²) in [5, 5.41) is 15.3. The van der Waals surface area contributed by atoms with E-state index in [1.165, 1.54) is 4.90 Å². The van der Waals surface area contributed by atoms with Crippen molar-refractivity contribution < 1.29 is 19.4 Å². The number of ether oxygens (including phenoxy) is 1. The first-order chi connectivity index (χ1) is 11.2. The Labute approximate surface area is 142 Å². The van der Waals surface area contributed by atoms with Crippen molar-refractivity contribution in [3.05, 3.63) is 35.9 Å². The number of alkyl carbamates (subject to hydrolysis) is 1. The van der Waals surface area contributed by atoms with Crippen LogP contribution in [0, 0.1) is 0 Å². The Morgan fingerprint density at radius 3 is 2.42 bits per heavy atom. The minimum atomic E-state index is -0.988. The van der Waals surface area contributed by atoms with Crippen LogP contribution in [0.1, 0.15) is 26.3 Å². The van der Waals surface area contributed by atoms with E-state index in [9.17, 15) is 14.7 Å². The SMILES string of the molecule is CC(C)(C)N[C@@H]1CN(C(=O)O)C[C@@H]1NC(=O)OCc1ccccc1. The molecule has 0 bridgehead atoms. The van der Waals surface area contributed by atoms with Crippen LogP contribution in [-0.4, -0.2) is 52.9 Å². The molecular formula is C17H25N3O4. The van der Waals surface area contributed by atoms with Crippen LogP contribution in [0.25, 0.3) is 0 Å². The van der Waals surface area contributed by atoms with E-state index in [0.29, 0.717) is 6.54 Å². The van der Waals surface area contributed by atoms with Crippen molar-refractivity contribution in [2.75, 3.05) is 13.1 Å². The third-order valence-electron chi connectivity index (χ3n) is 3.72. The molecule has 0 aliphatic carbocycles. The monoisotopic (exact) mass is 335 g/mol. The molecule has 2 atom stereocenters. The highest BCUT2D eigenvalue weighted by atomic mass is 16.5. The lowest BCUT2D eigenvalue weighted by molar-refractivity contribution is 0.132. The van der Waals surface area contributed by atoms with Gasteiger partial charge in [-0.3, -0.25) is 0 Å². The lowest BCUT2D eigenvalue weighted by Gasteiger charge is -2.29. The number of carboxylic acid groups (broad SMARTS) is 1. The van der Waals surface area contributed by atoms with Gasteiger partial charge in [-0.1, -0.05) is 30.3 Å². The molecule has 0 spiro atoms. The molecule has 2 amide bonds. The zero-order valence-electron chi connectivity index (χ0n) is 14.3. The summed E-state index contributed by atoms with van der Waals surface area (Å²) in [6, 6.07) is 8.90. The van der Waals surface area contributed by atoms with Gasteiger partial charge in [0.05, 0.1) is 6.04 Å². The second-order valence-electron chi connectivity index (χ2n) is 7.00. The number of likely N-dealkylation sites (tertiary alicyclic amines) is 1. The molecule has 1 aromatic carbocycles. The van der Waals surface area contributed by atoms with Gasteiger partial charge in [-0.2, -0.15) is 0 Å². The van der Waals surface area contributed by atoms with Crippen LogP contribution < -0.4 is 10.6 Å². The Morgan fingerprint density at radius 2 is 1.83 bits per heavy atom. The van der Waals surface area contributed by atoms with E-state index in [-0.39, 0.29) is 30.8 Å². The standard InChI is InChI=1S/C17H25N3O4/c1-17(2,3)19-14-10-20(16(22)23)9-13(14)18-15(21)24-11-12-7-5-4-6-8-12/h4-8,13-14,19H,9-11H2,1-3H3,(H,18,21)(H,22,23)/t13-,14+/m0/s1. The lowest BCUT2D eigenvalue weighted by atomic mass is 10.0. The molecule has 7 nitrogen and oxygen atoms in total. The highest BCUT2D eigenvalue weighted by molar-refractivity contribution is 5.69. The van der Waals surface area contributed by atoms with Crippen molar-refractivity contribution in [3.63, 3.8) is 0 Å². The number of benzene rings is 1. The summed E-state index contributed by atoms with van der Waals surface area (Å²) in [7, 11) is 0. The summed E-state index contributed by atoms with van der Waals surface area (Å²) in [4.78, 5) is 24.5. The second kappa shape index (κ2) is 7.53. The molecule has 1 aliphatic rings. The molecule has 2 rings (SSSR count). The molecule has 1 aliphatic heterocycles. The molecule has 0 saturated carbocycles. The summed E-state index contributed by atoms with van der Waals surface area (Å²) in [5.41, 5.74) is 0.711. The van der Waals surface area contributed by atoms with Gasteiger partial charge in [0.1, 0.15) is 6.61 Å². The molecule has 1 fully saturated rings. The molecule has 1 heterocycles. The molecule has 0 unspecified atom stereocenters. The van der Waals surface area contributed by atoms with Gasteiger partial charge >= 0.3 is 12.2 Å². The van der Waals surface area contributed by atoms with E-state index in [1.807, 2.05) is 51.1 Å². The number of carbonyl (C=O) groups is 2. The first-order valence-electron chi connectivity index (χ1n) is 7.97. The highest BCUT2D eigenvalue weighted by Crippen LogP contribution is 2.14. The Balaban J connectivity index is 1.91. The number of nitrogens with one attached hydrogen (secondary N) is 2. The molecule has 7 heteroatoms. The van der Waals surface area contributed by atoms with Gasteiger partial charge in [0.2, 0.25) is 0 Å². The number of hydrogen-bond acceptors (Lipinski definition) is 4. The van der Waals surface area contributed by atoms with E-state index in [1.54, 1.807) is 0 Å². The minimum absolute atomic E-state index is 0.162. The van der Waals surface area contributed by atoms with Crippen molar-refractivity contribution in [3.8, 4) is 0 Å². The van der Waals surface area contributed by atoms with Gasteiger partial charge in [-0.25, -0.2) is 9.59 Å². The maximum atomic E-state index is 12.0. The maximum Gasteiger partial charge on any atom is 0.407 e. The van der Waals surface area contributed by atoms with Crippen molar-refractivity contribution in [1.82, 2.24) is 15.5 Å². The van der Waals surface area contributed by atoms with E-state index in [4.69, 9.17) is 4.74 Å². The topological polar surface area (TPSA) is 90.9 Å². The molecule has 0 aromatic heterocycles. The predicted molar refractivity (Wildman–Crippen MR) is 89.8 cm³/mol. The summed E-state index contributed by atoms with van der Waals surface area (Å²) in [5.74, 6) is 0. The van der Waals surface area contributed by atoms with Crippen LogP contribution in [0.3, 0.4) is 0 Å². The number of rotatable bonds is 4. The largest absolute Gasteiger partial charge is 0.465 e. The second-order valence-corrected chi connectivity index (χ2v) is 7.00. The average Bonchev–Trinajstić information content (AvgIpc) is 2.87. The van der Waals surface area contributed by atoms with Crippen molar-refractivity contribution in [2.24, 2.45) is 0 Å². The average molecular weight is 335 g/mol. The van der Waals surface area contributed by atoms with Crippen LogP contribution >= 0.6 is 0 Å². The van der Waals surface area contributed by atoms with Gasteiger partial charge in [0.25, 0.3) is 0 Å². The number of hydrogen-bond donors (Lipinski definition) is 3. The molecule has 3 N–H and O–H groups in total. The third kappa shape index (κ3) is 5.42. The Morgan fingerprint density at radius 1 is 1.21 bits per heavy atom. The van der Waals surface area contributed by atoms with Crippen LogP contribution in [0.2, 0.25) is 0 Å². The van der Waals surface area contributed by atoms with Crippen LogP contribution in [-0.2, 0) is 11.3 Å². The van der Waals surface area contributed by atoms with Crippen molar-refractivity contribution in [1.29, 1.82) is 0 Å². The summed E-state index contributed by atoms with van der Waals surface area (Å²) in [6.45, 7) is 6.75. The Bertz CT molecular complexity index is 571. The molecule has 1 saturated heterocycles. The minimum Gasteiger partial charge on any atom is -0.465 e. The van der Waals surface area contributed by atoms with Crippen LogP contribution in [0.4, 0.5) is 9.59 Å². The maximum absolute atomic E-state index is 12.0.